The number of carbonyl (C=O) groups is 2. The summed E-state index contributed by atoms with van der Waals surface area (Å²) in [6.07, 6.45) is 3.07. The highest BCUT2D eigenvalue weighted by Gasteiger charge is 2.23. The van der Waals surface area contributed by atoms with Crippen LogP contribution in [0, 0.1) is 6.92 Å². The lowest BCUT2D eigenvalue weighted by molar-refractivity contribution is 0.0936. The first-order valence-corrected chi connectivity index (χ1v) is 8.16. The zero-order valence-electron chi connectivity index (χ0n) is 12.4. The summed E-state index contributed by atoms with van der Waals surface area (Å²) in [6.45, 7) is 2.08. The van der Waals surface area contributed by atoms with Crippen LogP contribution in [-0.4, -0.2) is 11.8 Å². The summed E-state index contributed by atoms with van der Waals surface area (Å²) in [5.41, 5.74) is 9.00. The minimum atomic E-state index is -0.498. The highest BCUT2D eigenvalue weighted by atomic mass is 32.1. The fourth-order valence-electron chi connectivity index (χ4n) is 2.91. The van der Waals surface area contributed by atoms with Crippen LogP contribution in [0.25, 0.3) is 0 Å². The largest absolute Gasteiger partial charge is 0.365 e. The van der Waals surface area contributed by atoms with Crippen LogP contribution in [0.5, 0.6) is 0 Å². The van der Waals surface area contributed by atoms with Gasteiger partial charge < -0.3 is 11.1 Å². The third-order valence-electron chi connectivity index (χ3n) is 3.99. The van der Waals surface area contributed by atoms with Crippen LogP contribution in [0.4, 0.5) is 0 Å². The third kappa shape index (κ3) is 2.90. The summed E-state index contributed by atoms with van der Waals surface area (Å²) in [7, 11) is 0. The topological polar surface area (TPSA) is 72.2 Å². The zero-order valence-corrected chi connectivity index (χ0v) is 13.2. The molecule has 1 aliphatic carbocycles. The van der Waals surface area contributed by atoms with Crippen molar-refractivity contribution in [2.24, 2.45) is 5.73 Å². The van der Waals surface area contributed by atoms with Crippen LogP contribution in [-0.2, 0) is 6.42 Å². The molecule has 0 unspecified atom stereocenters. The Hall–Kier alpha value is -2.14. The SMILES string of the molecule is Cc1ccc2c(c1)CCC[C@H]2NC(=O)c1ccc(C(N)=O)s1. The van der Waals surface area contributed by atoms with Gasteiger partial charge in [0.1, 0.15) is 0 Å². The Balaban J connectivity index is 1.79. The minimum Gasteiger partial charge on any atom is -0.365 e. The first-order chi connectivity index (χ1) is 10.5. The number of fused-ring (bicyclic) bond motifs is 1. The number of aryl methyl sites for hydroxylation is 2. The lowest BCUT2D eigenvalue weighted by Crippen LogP contribution is -2.30. The summed E-state index contributed by atoms with van der Waals surface area (Å²) in [5.74, 6) is -0.640. The average molecular weight is 314 g/mol. The summed E-state index contributed by atoms with van der Waals surface area (Å²) in [6, 6.07) is 9.68. The van der Waals surface area contributed by atoms with Crippen molar-refractivity contribution in [1.82, 2.24) is 5.32 Å². The van der Waals surface area contributed by atoms with Crippen LogP contribution < -0.4 is 11.1 Å². The summed E-state index contributed by atoms with van der Waals surface area (Å²) >= 11 is 1.13. The van der Waals surface area contributed by atoms with E-state index in [1.165, 1.54) is 16.7 Å². The smallest absolute Gasteiger partial charge is 0.261 e. The first kappa shape index (κ1) is 14.8. The van der Waals surface area contributed by atoms with Gasteiger partial charge in [-0.05, 0) is 49.4 Å². The van der Waals surface area contributed by atoms with E-state index in [4.69, 9.17) is 5.73 Å². The number of thiophene rings is 1. The molecule has 1 heterocycles. The summed E-state index contributed by atoms with van der Waals surface area (Å²) in [5, 5.41) is 3.08. The van der Waals surface area contributed by atoms with E-state index < -0.39 is 5.91 Å². The molecular formula is C17H18N2O2S. The van der Waals surface area contributed by atoms with Gasteiger partial charge in [0.2, 0.25) is 0 Å². The number of nitrogens with two attached hydrogens (primary N) is 1. The highest BCUT2D eigenvalue weighted by molar-refractivity contribution is 7.15. The molecule has 0 aliphatic heterocycles. The lowest BCUT2D eigenvalue weighted by atomic mass is 9.86. The Labute approximate surface area is 133 Å². The van der Waals surface area contributed by atoms with Gasteiger partial charge in [-0.15, -0.1) is 11.3 Å². The maximum Gasteiger partial charge on any atom is 0.261 e. The molecule has 2 amide bonds. The second-order valence-corrected chi connectivity index (χ2v) is 6.73. The first-order valence-electron chi connectivity index (χ1n) is 7.34. The normalized spacial score (nSPS) is 16.9. The predicted octanol–water partition coefficient (Wildman–Crippen LogP) is 2.96. The number of hydrogen-bond donors (Lipinski definition) is 2. The Morgan fingerprint density at radius 2 is 2.00 bits per heavy atom. The number of carbonyl (C=O) groups excluding carboxylic acids is 2. The molecule has 1 aromatic carbocycles. The second kappa shape index (κ2) is 5.93. The van der Waals surface area contributed by atoms with Crippen LogP contribution >= 0.6 is 11.3 Å². The number of amides is 2. The van der Waals surface area contributed by atoms with Gasteiger partial charge in [0.15, 0.2) is 0 Å². The van der Waals surface area contributed by atoms with Crippen LogP contribution in [0.15, 0.2) is 30.3 Å². The van der Waals surface area contributed by atoms with E-state index in [-0.39, 0.29) is 11.9 Å². The van der Waals surface area contributed by atoms with E-state index in [0.29, 0.717) is 9.75 Å². The van der Waals surface area contributed by atoms with Crippen molar-refractivity contribution in [3.05, 3.63) is 56.8 Å². The van der Waals surface area contributed by atoms with Crippen LogP contribution in [0.3, 0.4) is 0 Å². The third-order valence-corrected chi connectivity index (χ3v) is 5.09. The van der Waals surface area contributed by atoms with Crippen molar-refractivity contribution < 1.29 is 9.59 Å². The van der Waals surface area contributed by atoms with Gasteiger partial charge >= 0.3 is 0 Å². The quantitative estimate of drug-likeness (QED) is 0.914. The van der Waals surface area contributed by atoms with E-state index in [1.807, 2.05) is 0 Å². The molecule has 22 heavy (non-hydrogen) atoms. The molecule has 0 bridgehead atoms. The Morgan fingerprint density at radius 3 is 2.73 bits per heavy atom. The van der Waals surface area contributed by atoms with Crippen molar-refractivity contribution >= 4 is 23.2 Å². The summed E-state index contributed by atoms with van der Waals surface area (Å²) in [4.78, 5) is 24.4. The molecule has 2 aromatic rings. The zero-order chi connectivity index (χ0) is 15.7. The minimum absolute atomic E-state index is 0.0379. The molecule has 3 rings (SSSR count). The van der Waals surface area contributed by atoms with Crippen molar-refractivity contribution in [3.8, 4) is 0 Å². The second-order valence-electron chi connectivity index (χ2n) is 5.65. The van der Waals surface area contributed by atoms with Crippen LogP contribution in [0.2, 0.25) is 0 Å². The van der Waals surface area contributed by atoms with E-state index in [1.54, 1.807) is 12.1 Å². The van der Waals surface area contributed by atoms with Crippen molar-refractivity contribution in [2.45, 2.75) is 32.2 Å². The monoisotopic (exact) mass is 314 g/mol. The maximum absolute atomic E-state index is 12.4. The van der Waals surface area contributed by atoms with E-state index in [2.05, 4.69) is 30.4 Å². The number of rotatable bonds is 3. The summed E-state index contributed by atoms with van der Waals surface area (Å²) < 4.78 is 0. The van der Waals surface area contributed by atoms with E-state index >= 15 is 0 Å². The van der Waals surface area contributed by atoms with Gasteiger partial charge in [0, 0.05) is 0 Å². The van der Waals surface area contributed by atoms with Gasteiger partial charge in [0.25, 0.3) is 11.8 Å². The molecule has 1 aliphatic rings. The standard InChI is InChI=1S/C17H18N2O2S/c1-10-5-6-12-11(9-10)3-2-4-13(12)19-17(21)15-8-7-14(22-15)16(18)20/h5-9,13H,2-4H2,1H3,(H2,18,20)(H,19,21)/t13-/m1/s1. The number of primary amides is 1. The molecule has 0 saturated heterocycles. The Bertz CT molecular complexity index is 736. The van der Waals surface area contributed by atoms with Gasteiger partial charge in [-0.25, -0.2) is 0 Å². The molecule has 1 aromatic heterocycles. The molecule has 5 heteroatoms. The molecule has 114 valence electrons. The van der Waals surface area contributed by atoms with Gasteiger partial charge in [-0.2, -0.15) is 0 Å². The molecule has 4 nitrogen and oxygen atoms in total. The number of hydrogen-bond acceptors (Lipinski definition) is 3. The fraction of sp³-hybridized carbons (Fsp3) is 0.294. The fourth-order valence-corrected chi connectivity index (χ4v) is 3.68. The molecule has 0 saturated carbocycles. The lowest BCUT2D eigenvalue weighted by Gasteiger charge is -2.26. The number of nitrogens with one attached hydrogen (secondary N) is 1. The molecule has 0 radical (unpaired) electrons. The molecule has 1 atom stereocenters. The van der Waals surface area contributed by atoms with Crippen molar-refractivity contribution in [3.63, 3.8) is 0 Å². The molecule has 0 fully saturated rings. The van der Waals surface area contributed by atoms with E-state index in [0.717, 1.165) is 30.6 Å². The molecular weight excluding hydrogens is 296 g/mol. The molecule has 0 spiro atoms. The Kier molecular flexibility index (Phi) is 3.98. The van der Waals surface area contributed by atoms with Gasteiger partial charge in [-0.3, -0.25) is 9.59 Å². The molecule has 3 N–H and O–H groups in total. The van der Waals surface area contributed by atoms with Crippen molar-refractivity contribution in [1.29, 1.82) is 0 Å². The van der Waals surface area contributed by atoms with Gasteiger partial charge in [-0.1, -0.05) is 23.8 Å². The average Bonchev–Trinajstić information content (AvgIpc) is 2.97. The predicted molar refractivity (Wildman–Crippen MR) is 87.2 cm³/mol. The number of benzene rings is 1. The highest BCUT2D eigenvalue weighted by Crippen LogP contribution is 2.31. The van der Waals surface area contributed by atoms with Gasteiger partial charge in [0.05, 0.1) is 15.8 Å². The van der Waals surface area contributed by atoms with E-state index in [9.17, 15) is 9.59 Å². The van der Waals surface area contributed by atoms with Crippen molar-refractivity contribution in [2.75, 3.05) is 0 Å². The Morgan fingerprint density at radius 1 is 1.23 bits per heavy atom. The van der Waals surface area contributed by atoms with Crippen LogP contribution in [0.1, 0.15) is 54.9 Å². The maximum atomic E-state index is 12.4.